The van der Waals surface area contributed by atoms with Gasteiger partial charge in [0.05, 0.1) is 0 Å². The summed E-state index contributed by atoms with van der Waals surface area (Å²) in [4.78, 5) is 8.29. The number of nitrogens with zero attached hydrogens (tertiary/aromatic N) is 3. The van der Waals surface area contributed by atoms with E-state index < -0.39 is 0 Å². The zero-order chi connectivity index (χ0) is 13.8. The van der Waals surface area contributed by atoms with Gasteiger partial charge < -0.3 is 9.63 Å². The molecule has 3 aromatic rings. The van der Waals surface area contributed by atoms with Crippen LogP contribution in [0.15, 0.2) is 53.2 Å². The highest BCUT2D eigenvalue weighted by molar-refractivity contribution is 5.55. The second kappa shape index (κ2) is 5.52. The standard InChI is InChI=1S/C15H13N3O2/c19-12-7-4-10-16-14(12)15-17-13(18-20-15)9-8-11-5-2-1-3-6-11/h1-7,10,19H,8-9H2. The van der Waals surface area contributed by atoms with Gasteiger partial charge in [-0.2, -0.15) is 4.98 Å². The Morgan fingerprint density at radius 1 is 1.00 bits per heavy atom. The molecular formula is C15H13N3O2. The highest BCUT2D eigenvalue weighted by atomic mass is 16.5. The lowest BCUT2D eigenvalue weighted by Crippen LogP contribution is -1.93. The number of aromatic nitrogens is 3. The van der Waals surface area contributed by atoms with Gasteiger partial charge in [0.15, 0.2) is 11.5 Å². The minimum Gasteiger partial charge on any atom is -0.505 e. The maximum atomic E-state index is 9.69. The van der Waals surface area contributed by atoms with Crippen molar-refractivity contribution in [2.45, 2.75) is 12.8 Å². The van der Waals surface area contributed by atoms with Crippen molar-refractivity contribution in [1.29, 1.82) is 0 Å². The molecule has 3 rings (SSSR count). The van der Waals surface area contributed by atoms with Crippen molar-refractivity contribution in [1.82, 2.24) is 15.1 Å². The Kier molecular flexibility index (Phi) is 3.41. The van der Waals surface area contributed by atoms with Gasteiger partial charge in [0.25, 0.3) is 5.89 Å². The van der Waals surface area contributed by atoms with Crippen LogP contribution >= 0.6 is 0 Å². The van der Waals surface area contributed by atoms with Crippen LogP contribution in [0, 0.1) is 0 Å². The summed E-state index contributed by atoms with van der Waals surface area (Å²) >= 11 is 0. The molecule has 1 N–H and O–H groups in total. The van der Waals surface area contributed by atoms with Crippen LogP contribution in [0.3, 0.4) is 0 Å². The molecule has 1 aromatic carbocycles. The topological polar surface area (TPSA) is 72.0 Å². The molecule has 20 heavy (non-hydrogen) atoms. The Balaban J connectivity index is 1.73. The third-order valence-corrected chi connectivity index (χ3v) is 2.94. The number of pyridine rings is 1. The van der Waals surface area contributed by atoms with E-state index in [1.165, 1.54) is 11.6 Å². The fourth-order valence-corrected chi connectivity index (χ4v) is 1.91. The minimum atomic E-state index is 0.0331. The third kappa shape index (κ3) is 2.66. The van der Waals surface area contributed by atoms with Gasteiger partial charge in [0.1, 0.15) is 5.75 Å². The summed E-state index contributed by atoms with van der Waals surface area (Å²) in [5.74, 6) is 0.880. The smallest absolute Gasteiger partial charge is 0.280 e. The van der Waals surface area contributed by atoms with Crippen molar-refractivity contribution in [3.8, 4) is 17.3 Å². The molecule has 0 radical (unpaired) electrons. The normalized spacial score (nSPS) is 10.6. The molecule has 0 bridgehead atoms. The van der Waals surface area contributed by atoms with Crippen molar-refractivity contribution < 1.29 is 9.63 Å². The third-order valence-electron chi connectivity index (χ3n) is 2.94. The first-order valence-electron chi connectivity index (χ1n) is 6.34. The fourth-order valence-electron chi connectivity index (χ4n) is 1.91. The molecule has 2 aromatic heterocycles. The molecular weight excluding hydrogens is 254 g/mol. The summed E-state index contributed by atoms with van der Waals surface area (Å²) in [7, 11) is 0. The fraction of sp³-hybridized carbons (Fsp3) is 0.133. The molecule has 0 fully saturated rings. The van der Waals surface area contributed by atoms with Gasteiger partial charge in [-0.15, -0.1) is 0 Å². The van der Waals surface area contributed by atoms with E-state index in [1.807, 2.05) is 18.2 Å². The first-order valence-corrected chi connectivity index (χ1v) is 6.34. The molecule has 0 unspecified atom stereocenters. The Morgan fingerprint density at radius 2 is 1.85 bits per heavy atom. The molecule has 0 saturated heterocycles. The SMILES string of the molecule is Oc1cccnc1-c1nc(CCc2ccccc2)no1. The minimum absolute atomic E-state index is 0.0331. The molecule has 0 aliphatic rings. The first-order chi connectivity index (χ1) is 9.83. The zero-order valence-corrected chi connectivity index (χ0v) is 10.7. The highest BCUT2D eigenvalue weighted by Crippen LogP contribution is 2.24. The number of aryl methyl sites for hydroxylation is 2. The maximum absolute atomic E-state index is 9.69. The van der Waals surface area contributed by atoms with Crippen LogP contribution in [0.25, 0.3) is 11.6 Å². The van der Waals surface area contributed by atoms with E-state index in [-0.39, 0.29) is 11.6 Å². The van der Waals surface area contributed by atoms with E-state index >= 15 is 0 Å². The largest absolute Gasteiger partial charge is 0.505 e. The van der Waals surface area contributed by atoms with E-state index in [0.717, 1.165) is 6.42 Å². The van der Waals surface area contributed by atoms with Crippen LogP contribution in [0.2, 0.25) is 0 Å². The van der Waals surface area contributed by atoms with Crippen molar-refractivity contribution in [3.05, 3.63) is 60.0 Å². The predicted octanol–water partition coefficient (Wildman–Crippen LogP) is 2.62. The second-order valence-electron chi connectivity index (χ2n) is 4.37. The van der Waals surface area contributed by atoms with Crippen molar-refractivity contribution >= 4 is 0 Å². The van der Waals surface area contributed by atoms with E-state index in [9.17, 15) is 5.11 Å². The summed E-state index contributed by atoms with van der Waals surface area (Å²) in [6.07, 6.45) is 3.10. The average Bonchev–Trinajstić information content (AvgIpc) is 2.95. The highest BCUT2D eigenvalue weighted by Gasteiger charge is 2.13. The van der Waals surface area contributed by atoms with Crippen LogP contribution in [-0.2, 0) is 12.8 Å². The van der Waals surface area contributed by atoms with E-state index in [1.54, 1.807) is 12.3 Å². The molecule has 0 aliphatic carbocycles. The van der Waals surface area contributed by atoms with Crippen molar-refractivity contribution in [2.24, 2.45) is 0 Å². The Hall–Kier alpha value is -2.69. The van der Waals surface area contributed by atoms with Crippen LogP contribution in [0.5, 0.6) is 5.75 Å². The molecule has 5 nitrogen and oxygen atoms in total. The lowest BCUT2D eigenvalue weighted by Gasteiger charge is -1.97. The zero-order valence-electron chi connectivity index (χ0n) is 10.7. The predicted molar refractivity (Wildman–Crippen MR) is 73.0 cm³/mol. The Bertz CT molecular complexity index is 695. The van der Waals surface area contributed by atoms with Crippen molar-refractivity contribution in [3.63, 3.8) is 0 Å². The number of hydrogen-bond donors (Lipinski definition) is 1. The molecule has 0 saturated carbocycles. The summed E-state index contributed by atoms with van der Waals surface area (Å²) in [6, 6.07) is 13.3. The molecule has 100 valence electrons. The van der Waals surface area contributed by atoms with Gasteiger partial charge in [-0.25, -0.2) is 4.98 Å². The van der Waals surface area contributed by atoms with Gasteiger partial charge in [-0.3, -0.25) is 0 Å². The van der Waals surface area contributed by atoms with Crippen LogP contribution in [-0.4, -0.2) is 20.2 Å². The average molecular weight is 267 g/mol. The second-order valence-corrected chi connectivity index (χ2v) is 4.37. The molecule has 0 aliphatic heterocycles. The first kappa shape index (κ1) is 12.3. The molecule has 0 spiro atoms. The monoisotopic (exact) mass is 267 g/mol. The van der Waals surface area contributed by atoms with E-state index in [0.29, 0.717) is 17.9 Å². The van der Waals surface area contributed by atoms with Crippen LogP contribution in [0.1, 0.15) is 11.4 Å². The van der Waals surface area contributed by atoms with Gasteiger partial charge in [-0.1, -0.05) is 35.5 Å². The Labute approximate surface area is 115 Å². The molecule has 0 amide bonds. The quantitative estimate of drug-likeness (QED) is 0.786. The van der Waals surface area contributed by atoms with Gasteiger partial charge >= 0.3 is 0 Å². The van der Waals surface area contributed by atoms with Crippen molar-refractivity contribution in [2.75, 3.05) is 0 Å². The van der Waals surface area contributed by atoms with Gasteiger partial charge in [-0.05, 0) is 24.1 Å². The molecule has 2 heterocycles. The summed E-state index contributed by atoms with van der Waals surface area (Å²) in [6.45, 7) is 0. The van der Waals surface area contributed by atoms with Crippen LogP contribution < -0.4 is 0 Å². The summed E-state index contributed by atoms with van der Waals surface area (Å²) < 4.78 is 5.14. The summed E-state index contributed by atoms with van der Waals surface area (Å²) in [5.41, 5.74) is 1.53. The lowest BCUT2D eigenvalue weighted by molar-refractivity contribution is 0.415. The summed E-state index contributed by atoms with van der Waals surface area (Å²) in [5, 5.41) is 13.6. The number of aromatic hydroxyl groups is 1. The lowest BCUT2D eigenvalue weighted by atomic mass is 10.1. The number of rotatable bonds is 4. The van der Waals surface area contributed by atoms with E-state index in [2.05, 4.69) is 27.3 Å². The maximum Gasteiger partial charge on any atom is 0.280 e. The van der Waals surface area contributed by atoms with E-state index in [4.69, 9.17) is 4.52 Å². The van der Waals surface area contributed by atoms with Gasteiger partial charge in [0, 0.05) is 12.6 Å². The van der Waals surface area contributed by atoms with Crippen LogP contribution in [0.4, 0.5) is 0 Å². The number of hydrogen-bond acceptors (Lipinski definition) is 5. The molecule has 0 atom stereocenters. The molecule has 5 heteroatoms. The van der Waals surface area contributed by atoms with Gasteiger partial charge in [0.2, 0.25) is 0 Å². The Morgan fingerprint density at radius 3 is 2.65 bits per heavy atom. The number of benzene rings is 1.